The van der Waals surface area contributed by atoms with Gasteiger partial charge in [0.15, 0.2) is 23.5 Å². The number of hydrogen-bond acceptors (Lipinski definition) is 9. The van der Waals surface area contributed by atoms with E-state index >= 15 is 0 Å². The number of carbonyl (C=O) groups is 1. The fourth-order valence-corrected chi connectivity index (χ4v) is 3.27. The first-order chi connectivity index (χ1) is 14.0. The molecule has 0 radical (unpaired) electrons. The van der Waals surface area contributed by atoms with E-state index in [0.717, 1.165) is 5.56 Å². The Morgan fingerprint density at radius 3 is 2.69 bits per heavy atom. The zero-order chi connectivity index (χ0) is 20.5. The molecule has 10 heteroatoms. The van der Waals surface area contributed by atoms with E-state index in [9.17, 15) is 15.0 Å². The van der Waals surface area contributed by atoms with E-state index in [4.69, 9.17) is 14.2 Å². The van der Waals surface area contributed by atoms with Crippen molar-refractivity contribution in [3.63, 3.8) is 0 Å². The van der Waals surface area contributed by atoms with E-state index < -0.39 is 37.1 Å². The number of hydrogen-bond donors (Lipinski definition) is 2. The van der Waals surface area contributed by atoms with Gasteiger partial charge >= 0.3 is 5.97 Å². The van der Waals surface area contributed by atoms with Crippen LogP contribution in [-0.2, 0) is 9.47 Å². The predicted molar refractivity (Wildman–Crippen MR) is 99.3 cm³/mol. The summed E-state index contributed by atoms with van der Waals surface area (Å²) in [6.07, 6.45) is -1.45. The van der Waals surface area contributed by atoms with Gasteiger partial charge in [-0.15, -0.1) is 0 Å². The molecule has 0 unspecified atom stereocenters. The number of imidazole rings is 1. The summed E-state index contributed by atoms with van der Waals surface area (Å²) in [7, 11) is 1.46. The Balaban J connectivity index is 1.68. The Morgan fingerprint density at radius 2 is 2.00 bits per heavy atom. The zero-order valence-electron chi connectivity index (χ0n) is 15.8. The number of aliphatic hydroxyl groups excluding tert-OH is 2. The lowest BCUT2D eigenvalue weighted by atomic mass is 10.1. The highest BCUT2D eigenvalue weighted by Crippen LogP contribution is 2.34. The smallest absolute Gasteiger partial charge is 0.338 e. The van der Waals surface area contributed by atoms with Gasteiger partial charge in [-0.3, -0.25) is 4.57 Å². The SMILES string of the molecule is COc1ncnc2c1ncn2[C@@H]1O[C@H](CO)[C@@H](O)[C@@H]1OC(=O)c1ccc(C)cc1. The fraction of sp³-hybridized carbons (Fsp3) is 0.368. The normalized spacial score (nSPS) is 24.0. The quantitative estimate of drug-likeness (QED) is 0.592. The average molecular weight is 400 g/mol. The van der Waals surface area contributed by atoms with Crippen molar-refractivity contribution in [3.8, 4) is 5.88 Å². The van der Waals surface area contributed by atoms with Crippen LogP contribution < -0.4 is 4.74 Å². The summed E-state index contributed by atoms with van der Waals surface area (Å²) in [6, 6.07) is 6.86. The maximum atomic E-state index is 12.6. The molecule has 29 heavy (non-hydrogen) atoms. The molecule has 2 aromatic heterocycles. The van der Waals surface area contributed by atoms with Gasteiger partial charge in [0.2, 0.25) is 5.88 Å². The van der Waals surface area contributed by atoms with E-state index in [2.05, 4.69) is 15.0 Å². The Hall–Kier alpha value is -3.08. The lowest BCUT2D eigenvalue weighted by Gasteiger charge is -2.22. The molecule has 4 atom stereocenters. The summed E-state index contributed by atoms with van der Waals surface area (Å²) in [6.45, 7) is 1.47. The van der Waals surface area contributed by atoms with Crippen LogP contribution in [0.5, 0.6) is 5.88 Å². The number of nitrogens with zero attached hydrogens (tertiary/aromatic N) is 4. The highest BCUT2D eigenvalue weighted by Gasteiger charge is 2.47. The summed E-state index contributed by atoms with van der Waals surface area (Å²) >= 11 is 0. The minimum Gasteiger partial charge on any atom is -0.479 e. The summed E-state index contributed by atoms with van der Waals surface area (Å²) < 4.78 is 18.0. The third kappa shape index (κ3) is 3.41. The monoisotopic (exact) mass is 400 g/mol. The molecule has 0 bridgehead atoms. The summed E-state index contributed by atoms with van der Waals surface area (Å²) in [5.74, 6) is -0.336. The molecule has 10 nitrogen and oxygen atoms in total. The molecule has 0 amide bonds. The summed E-state index contributed by atoms with van der Waals surface area (Å²) in [4.78, 5) is 25.0. The second kappa shape index (κ2) is 7.74. The molecule has 0 saturated carbocycles. The number of benzene rings is 1. The molecule has 152 valence electrons. The molecule has 0 spiro atoms. The van der Waals surface area contributed by atoms with Crippen molar-refractivity contribution >= 4 is 17.1 Å². The Labute approximate surface area is 165 Å². The van der Waals surface area contributed by atoms with Gasteiger partial charge in [-0.05, 0) is 19.1 Å². The topological polar surface area (TPSA) is 129 Å². The number of aryl methyl sites for hydroxylation is 1. The number of aromatic nitrogens is 4. The Bertz CT molecular complexity index is 1020. The maximum Gasteiger partial charge on any atom is 0.338 e. The van der Waals surface area contributed by atoms with Crippen LogP contribution in [0.15, 0.2) is 36.9 Å². The Morgan fingerprint density at radius 1 is 1.24 bits per heavy atom. The summed E-state index contributed by atoms with van der Waals surface area (Å²) in [5, 5.41) is 20.1. The molecule has 1 aromatic carbocycles. The van der Waals surface area contributed by atoms with Gasteiger partial charge in [-0.25, -0.2) is 14.8 Å². The number of methoxy groups -OCH3 is 1. The van der Waals surface area contributed by atoms with Crippen molar-refractivity contribution < 1.29 is 29.2 Å². The number of fused-ring (bicyclic) bond motifs is 1. The molecule has 3 heterocycles. The molecule has 2 N–H and O–H groups in total. The number of aliphatic hydroxyl groups is 2. The molecule has 1 aliphatic heterocycles. The van der Waals surface area contributed by atoms with Crippen molar-refractivity contribution in [1.29, 1.82) is 0 Å². The van der Waals surface area contributed by atoms with E-state index in [1.54, 1.807) is 24.3 Å². The van der Waals surface area contributed by atoms with Gasteiger partial charge in [-0.1, -0.05) is 17.7 Å². The van der Waals surface area contributed by atoms with Gasteiger partial charge < -0.3 is 24.4 Å². The van der Waals surface area contributed by atoms with Crippen LogP contribution >= 0.6 is 0 Å². The van der Waals surface area contributed by atoms with Gasteiger partial charge in [0, 0.05) is 0 Å². The predicted octanol–water partition coefficient (Wildman–Crippen LogP) is 0.620. The largest absolute Gasteiger partial charge is 0.479 e. The van der Waals surface area contributed by atoms with Crippen molar-refractivity contribution in [2.45, 2.75) is 31.5 Å². The molecule has 1 aliphatic rings. The van der Waals surface area contributed by atoms with Crippen LogP contribution in [0.1, 0.15) is 22.1 Å². The molecular formula is C19H20N4O6. The minimum atomic E-state index is -1.24. The highest BCUT2D eigenvalue weighted by molar-refractivity contribution is 5.89. The van der Waals surface area contributed by atoms with Crippen LogP contribution in [0.4, 0.5) is 0 Å². The van der Waals surface area contributed by atoms with E-state index in [0.29, 0.717) is 16.7 Å². The maximum absolute atomic E-state index is 12.6. The molecule has 4 rings (SSSR count). The van der Waals surface area contributed by atoms with Gasteiger partial charge in [0.05, 0.1) is 25.6 Å². The third-order valence-electron chi connectivity index (χ3n) is 4.82. The first-order valence-corrected chi connectivity index (χ1v) is 8.97. The number of ether oxygens (including phenoxy) is 3. The Kier molecular flexibility index (Phi) is 5.14. The summed E-state index contributed by atoms with van der Waals surface area (Å²) in [5.41, 5.74) is 2.11. The van der Waals surface area contributed by atoms with Crippen molar-refractivity contribution in [2.75, 3.05) is 13.7 Å². The average Bonchev–Trinajstić information content (AvgIpc) is 3.29. The van der Waals surface area contributed by atoms with Crippen molar-refractivity contribution in [3.05, 3.63) is 48.0 Å². The van der Waals surface area contributed by atoms with Crippen LogP contribution in [-0.4, -0.2) is 67.7 Å². The van der Waals surface area contributed by atoms with E-state index in [-0.39, 0.29) is 5.88 Å². The van der Waals surface area contributed by atoms with E-state index in [1.165, 1.54) is 24.3 Å². The molecular weight excluding hydrogens is 380 g/mol. The van der Waals surface area contributed by atoms with Crippen molar-refractivity contribution in [2.24, 2.45) is 0 Å². The van der Waals surface area contributed by atoms with Crippen LogP contribution in [0.3, 0.4) is 0 Å². The molecule has 1 fully saturated rings. The number of carbonyl (C=O) groups excluding carboxylic acids is 1. The fourth-order valence-electron chi connectivity index (χ4n) is 3.27. The minimum absolute atomic E-state index is 0.277. The molecule has 0 aliphatic carbocycles. The lowest BCUT2D eigenvalue weighted by molar-refractivity contribution is -0.0564. The van der Waals surface area contributed by atoms with Crippen LogP contribution in [0.2, 0.25) is 0 Å². The highest BCUT2D eigenvalue weighted by atomic mass is 16.6. The first-order valence-electron chi connectivity index (χ1n) is 8.97. The van der Waals surface area contributed by atoms with Gasteiger partial charge in [-0.2, -0.15) is 4.98 Å². The number of rotatable bonds is 5. The second-order valence-electron chi connectivity index (χ2n) is 6.68. The van der Waals surface area contributed by atoms with E-state index in [1.807, 2.05) is 6.92 Å². The molecule has 3 aromatic rings. The van der Waals surface area contributed by atoms with Gasteiger partial charge in [0.25, 0.3) is 0 Å². The van der Waals surface area contributed by atoms with Crippen LogP contribution in [0.25, 0.3) is 11.2 Å². The van der Waals surface area contributed by atoms with Crippen molar-refractivity contribution in [1.82, 2.24) is 19.5 Å². The lowest BCUT2D eigenvalue weighted by Crippen LogP contribution is -2.37. The third-order valence-corrected chi connectivity index (χ3v) is 4.82. The molecule has 1 saturated heterocycles. The second-order valence-corrected chi connectivity index (χ2v) is 6.68. The standard InChI is InChI=1S/C19H20N4O6/c1-10-3-5-11(6-4-10)19(26)29-15-14(25)12(7-24)28-18(15)23-9-22-13-16(23)20-8-21-17(13)27-2/h3-6,8-9,12,14-15,18,24-25H,7H2,1-2H3/t12-,14-,15+,18-/m1/s1. The number of esters is 1. The van der Waals surface area contributed by atoms with Gasteiger partial charge in [0.1, 0.15) is 18.5 Å². The first kappa shape index (κ1) is 19.2. The van der Waals surface area contributed by atoms with Crippen LogP contribution in [0, 0.1) is 6.92 Å². The zero-order valence-corrected chi connectivity index (χ0v) is 15.8.